The van der Waals surface area contributed by atoms with Crippen LogP contribution in [-0.2, 0) is 17.9 Å². The molecule has 28 heavy (non-hydrogen) atoms. The van der Waals surface area contributed by atoms with Gasteiger partial charge in [-0.25, -0.2) is 4.98 Å². The van der Waals surface area contributed by atoms with Gasteiger partial charge in [-0.2, -0.15) is 0 Å². The van der Waals surface area contributed by atoms with Crippen LogP contribution in [0.25, 0.3) is 0 Å². The Bertz CT molecular complexity index is 808. The van der Waals surface area contributed by atoms with E-state index in [1.54, 1.807) is 12.1 Å². The van der Waals surface area contributed by atoms with Crippen molar-refractivity contribution in [2.75, 3.05) is 18.4 Å². The quantitative estimate of drug-likeness (QED) is 0.778. The number of rotatable bonds is 6. The second-order valence-electron chi connectivity index (χ2n) is 7.84. The highest BCUT2D eigenvalue weighted by Crippen LogP contribution is 2.24. The first kappa shape index (κ1) is 20.5. The molecule has 0 spiro atoms. The number of carbonyl (C=O) groups is 2. The van der Waals surface area contributed by atoms with E-state index in [1.165, 1.54) is 24.7 Å². The lowest BCUT2D eigenvalue weighted by Gasteiger charge is -2.34. The Balaban J connectivity index is 1.54. The first-order valence-corrected chi connectivity index (χ1v) is 10.6. The highest BCUT2D eigenvalue weighted by molar-refractivity contribution is 7.13. The standard InChI is InChI=1S/C21H28N4O2S/c1-14-8-15(2)11-25(10-14)12-19-13-28-21(23-19)24-20(27)18-6-4-17(5-7-18)9-22-16(3)26/h4-7,13-15H,8-12H2,1-3H3,(H,22,26)(H,23,24,27)/t14-,15+. The zero-order valence-electron chi connectivity index (χ0n) is 16.7. The van der Waals surface area contributed by atoms with Gasteiger partial charge >= 0.3 is 0 Å². The van der Waals surface area contributed by atoms with Gasteiger partial charge in [-0.05, 0) is 36.0 Å². The van der Waals surface area contributed by atoms with Crippen molar-refractivity contribution < 1.29 is 9.59 Å². The topological polar surface area (TPSA) is 74.3 Å². The first-order valence-electron chi connectivity index (χ1n) is 9.70. The Kier molecular flexibility index (Phi) is 6.80. The SMILES string of the molecule is CC(=O)NCc1ccc(C(=O)Nc2nc(CN3C[C@H](C)C[C@H](C)C3)cs2)cc1. The summed E-state index contributed by atoms with van der Waals surface area (Å²) in [5.41, 5.74) is 2.53. The molecule has 2 amide bonds. The number of aromatic nitrogens is 1. The highest BCUT2D eigenvalue weighted by atomic mass is 32.1. The van der Waals surface area contributed by atoms with E-state index in [0.717, 1.165) is 42.7 Å². The van der Waals surface area contributed by atoms with E-state index >= 15 is 0 Å². The van der Waals surface area contributed by atoms with Crippen molar-refractivity contribution in [2.45, 2.75) is 40.3 Å². The van der Waals surface area contributed by atoms with Crippen molar-refractivity contribution in [3.05, 3.63) is 46.5 Å². The fourth-order valence-electron chi connectivity index (χ4n) is 3.76. The number of hydrogen-bond acceptors (Lipinski definition) is 5. The lowest BCUT2D eigenvalue weighted by molar-refractivity contribution is -0.119. The molecule has 7 heteroatoms. The highest BCUT2D eigenvalue weighted by Gasteiger charge is 2.22. The number of nitrogens with one attached hydrogen (secondary N) is 2. The number of anilines is 1. The van der Waals surface area contributed by atoms with Gasteiger partial charge in [-0.15, -0.1) is 11.3 Å². The molecule has 3 rings (SSSR count). The third-order valence-electron chi connectivity index (χ3n) is 4.86. The third kappa shape index (κ3) is 5.87. The lowest BCUT2D eigenvalue weighted by Crippen LogP contribution is -2.38. The summed E-state index contributed by atoms with van der Waals surface area (Å²) >= 11 is 1.46. The summed E-state index contributed by atoms with van der Waals surface area (Å²) in [4.78, 5) is 30.5. The molecule has 0 aliphatic carbocycles. The van der Waals surface area contributed by atoms with Gasteiger partial charge < -0.3 is 5.32 Å². The van der Waals surface area contributed by atoms with Gasteiger partial charge in [0.1, 0.15) is 0 Å². The summed E-state index contributed by atoms with van der Waals surface area (Å²) in [5.74, 6) is 1.19. The fraction of sp³-hybridized carbons (Fsp3) is 0.476. The molecular weight excluding hydrogens is 372 g/mol. The number of carbonyl (C=O) groups excluding carboxylic acids is 2. The molecule has 6 nitrogen and oxygen atoms in total. The zero-order chi connectivity index (χ0) is 20.1. The minimum Gasteiger partial charge on any atom is -0.352 e. The van der Waals surface area contributed by atoms with Crippen LogP contribution in [0, 0.1) is 11.8 Å². The van der Waals surface area contributed by atoms with Crippen LogP contribution < -0.4 is 10.6 Å². The van der Waals surface area contributed by atoms with Gasteiger partial charge in [0.2, 0.25) is 5.91 Å². The van der Waals surface area contributed by atoms with Gasteiger partial charge in [0.05, 0.1) is 5.69 Å². The molecule has 0 saturated carbocycles. The van der Waals surface area contributed by atoms with Gasteiger partial charge in [-0.1, -0.05) is 26.0 Å². The van der Waals surface area contributed by atoms with E-state index in [2.05, 4.69) is 34.4 Å². The molecule has 1 aliphatic heterocycles. The predicted octanol–water partition coefficient (Wildman–Crippen LogP) is 3.51. The van der Waals surface area contributed by atoms with Crippen molar-refractivity contribution in [3.8, 4) is 0 Å². The number of nitrogens with zero attached hydrogens (tertiary/aromatic N) is 2. The molecule has 2 heterocycles. The summed E-state index contributed by atoms with van der Waals surface area (Å²) in [6.45, 7) is 9.59. The molecule has 1 fully saturated rings. The number of amides is 2. The summed E-state index contributed by atoms with van der Waals surface area (Å²) in [6.07, 6.45) is 1.29. The van der Waals surface area contributed by atoms with Crippen LogP contribution in [0.15, 0.2) is 29.6 Å². The number of likely N-dealkylation sites (tertiary alicyclic amines) is 1. The maximum absolute atomic E-state index is 12.5. The second kappa shape index (κ2) is 9.30. The van der Waals surface area contributed by atoms with Crippen molar-refractivity contribution in [3.63, 3.8) is 0 Å². The normalized spacial score (nSPS) is 20.0. The number of piperidine rings is 1. The van der Waals surface area contributed by atoms with Crippen molar-refractivity contribution in [1.29, 1.82) is 0 Å². The summed E-state index contributed by atoms with van der Waals surface area (Å²) in [7, 11) is 0. The van der Waals surface area contributed by atoms with Gasteiger partial charge in [-0.3, -0.25) is 19.8 Å². The zero-order valence-corrected chi connectivity index (χ0v) is 17.5. The van der Waals surface area contributed by atoms with E-state index < -0.39 is 0 Å². The fourth-order valence-corrected chi connectivity index (χ4v) is 4.45. The molecule has 1 aromatic heterocycles. The van der Waals surface area contributed by atoms with Crippen molar-refractivity contribution in [2.24, 2.45) is 11.8 Å². The van der Waals surface area contributed by atoms with E-state index in [9.17, 15) is 9.59 Å². The Hall–Kier alpha value is -2.25. The van der Waals surface area contributed by atoms with Gasteiger partial charge in [0.25, 0.3) is 5.91 Å². The molecular formula is C21H28N4O2S. The van der Waals surface area contributed by atoms with Crippen LogP contribution in [-0.4, -0.2) is 34.8 Å². The van der Waals surface area contributed by atoms with E-state index in [4.69, 9.17) is 0 Å². The molecule has 2 N–H and O–H groups in total. The van der Waals surface area contributed by atoms with E-state index in [1.807, 2.05) is 17.5 Å². The lowest BCUT2D eigenvalue weighted by atomic mass is 9.92. The third-order valence-corrected chi connectivity index (χ3v) is 5.67. The van der Waals surface area contributed by atoms with Gasteiger partial charge in [0.15, 0.2) is 5.13 Å². The minimum absolute atomic E-state index is 0.0742. The van der Waals surface area contributed by atoms with Crippen molar-refractivity contribution >= 4 is 28.3 Å². The molecule has 2 atom stereocenters. The monoisotopic (exact) mass is 400 g/mol. The Morgan fingerprint density at radius 2 is 1.86 bits per heavy atom. The largest absolute Gasteiger partial charge is 0.352 e. The number of benzene rings is 1. The molecule has 0 radical (unpaired) electrons. The van der Waals surface area contributed by atoms with Crippen LogP contribution in [0.2, 0.25) is 0 Å². The van der Waals surface area contributed by atoms with Crippen molar-refractivity contribution in [1.82, 2.24) is 15.2 Å². The Morgan fingerprint density at radius 1 is 1.18 bits per heavy atom. The van der Waals surface area contributed by atoms with Gasteiger partial charge in [0, 0.05) is 44.0 Å². The molecule has 150 valence electrons. The first-order chi connectivity index (χ1) is 13.4. The molecule has 1 aromatic carbocycles. The average Bonchev–Trinajstić information content (AvgIpc) is 3.06. The van der Waals surface area contributed by atoms with Crippen LogP contribution in [0.3, 0.4) is 0 Å². The van der Waals surface area contributed by atoms with Crippen LogP contribution >= 0.6 is 11.3 Å². The smallest absolute Gasteiger partial charge is 0.257 e. The van der Waals surface area contributed by atoms with E-state index in [-0.39, 0.29) is 11.8 Å². The Morgan fingerprint density at radius 3 is 2.50 bits per heavy atom. The number of thiazole rings is 1. The average molecular weight is 401 g/mol. The summed E-state index contributed by atoms with van der Waals surface area (Å²) in [6, 6.07) is 7.21. The predicted molar refractivity (Wildman–Crippen MR) is 112 cm³/mol. The minimum atomic E-state index is -0.174. The Labute approximate surface area is 170 Å². The van der Waals surface area contributed by atoms with Crippen LogP contribution in [0.1, 0.15) is 48.8 Å². The molecule has 1 aliphatic rings. The summed E-state index contributed by atoms with van der Waals surface area (Å²) < 4.78 is 0. The second-order valence-corrected chi connectivity index (χ2v) is 8.70. The summed E-state index contributed by atoms with van der Waals surface area (Å²) in [5, 5.41) is 8.27. The molecule has 0 unspecified atom stereocenters. The maximum atomic E-state index is 12.5. The van der Waals surface area contributed by atoms with Crippen LogP contribution in [0.4, 0.5) is 5.13 Å². The molecule has 0 bridgehead atoms. The number of hydrogen-bond donors (Lipinski definition) is 2. The van der Waals surface area contributed by atoms with E-state index in [0.29, 0.717) is 17.2 Å². The van der Waals surface area contributed by atoms with Crippen LogP contribution in [0.5, 0.6) is 0 Å². The maximum Gasteiger partial charge on any atom is 0.257 e. The molecule has 1 saturated heterocycles. The molecule has 2 aromatic rings.